The molecule has 0 bridgehead atoms. The van der Waals surface area contributed by atoms with Gasteiger partial charge in [0, 0.05) is 23.0 Å². The summed E-state index contributed by atoms with van der Waals surface area (Å²) in [7, 11) is 0. The number of aliphatic carboxylic acids is 1. The van der Waals surface area contributed by atoms with Crippen molar-refractivity contribution in [2.45, 2.75) is 83.9 Å². The summed E-state index contributed by atoms with van der Waals surface area (Å²) >= 11 is 0. The van der Waals surface area contributed by atoms with E-state index >= 15 is 0 Å². The number of nitrogens with zero attached hydrogens (tertiary/aromatic N) is 1. The number of ether oxygens (including phenoxy) is 1. The van der Waals surface area contributed by atoms with Gasteiger partial charge in [-0.2, -0.15) is 13.2 Å². The van der Waals surface area contributed by atoms with Gasteiger partial charge in [0.1, 0.15) is 12.4 Å². The van der Waals surface area contributed by atoms with Crippen LogP contribution in [0.5, 0.6) is 5.75 Å². The minimum Gasteiger partial charge on any atom is -0.490 e. The minimum absolute atomic E-state index is 0.0214. The number of halogens is 4. The lowest BCUT2D eigenvalue weighted by Crippen LogP contribution is -2.59. The third kappa shape index (κ3) is 5.10. The summed E-state index contributed by atoms with van der Waals surface area (Å²) in [6, 6.07) is 6.92. The van der Waals surface area contributed by atoms with Crippen LogP contribution in [0.15, 0.2) is 24.3 Å². The molecule has 2 saturated carbocycles. The Kier molecular flexibility index (Phi) is 7.01. The van der Waals surface area contributed by atoms with Crippen LogP contribution in [0.4, 0.5) is 17.6 Å². The molecule has 0 amide bonds. The van der Waals surface area contributed by atoms with Gasteiger partial charge in [0.05, 0.1) is 29.2 Å². The summed E-state index contributed by atoms with van der Waals surface area (Å²) in [5.74, 6) is -2.11. The van der Waals surface area contributed by atoms with Gasteiger partial charge in [-0.15, -0.1) is 0 Å². The topological polar surface area (TPSA) is 71.5 Å². The Bertz CT molecular complexity index is 1080. The molecule has 2 aromatic rings. The van der Waals surface area contributed by atoms with Crippen LogP contribution in [0, 0.1) is 17.3 Å². The Hall–Kier alpha value is -2.42. The summed E-state index contributed by atoms with van der Waals surface area (Å²) in [5.41, 5.74) is 1.35. The zero-order valence-corrected chi connectivity index (χ0v) is 20.2. The Morgan fingerprint density at radius 1 is 1.20 bits per heavy atom. The molecule has 5 nitrogen and oxygen atoms in total. The first-order valence-electron chi connectivity index (χ1n) is 12.1. The van der Waals surface area contributed by atoms with Gasteiger partial charge >= 0.3 is 12.1 Å². The number of pyridine rings is 1. The number of hydrogen-bond donors (Lipinski definition) is 2. The molecule has 1 heterocycles. The van der Waals surface area contributed by atoms with Crippen LogP contribution in [0.1, 0.15) is 70.2 Å². The van der Waals surface area contributed by atoms with Crippen LogP contribution in [-0.2, 0) is 11.5 Å². The molecule has 4 rings (SSSR count). The first-order valence-corrected chi connectivity index (χ1v) is 12.1. The van der Waals surface area contributed by atoms with Gasteiger partial charge < -0.3 is 15.2 Å². The van der Waals surface area contributed by atoms with E-state index in [4.69, 9.17) is 9.72 Å². The zero-order chi connectivity index (χ0) is 25.5. The molecule has 2 aliphatic rings. The highest BCUT2D eigenvalue weighted by atomic mass is 19.4. The highest BCUT2D eigenvalue weighted by Gasteiger charge is 2.52. The van der Waals surface area contributed by atoms with Crippen molar-refractivity contribution in [2.75, 3.05) is 0 Å². The summed E-state index contributed by atoms with van der Waals surface area (Å²) in [4.78, 5) is 16.1. The number of nitrogens with one attached hydrogen (secondary N) is 1. The first-order chi connectivity index (χ1) is 16.4. The maximum absolute atomic E-state index is 14.0. The van der Waals surface area contributed by atoms with Gasteiger partial charge in [-0.05, 0) is 62.6 Å². The van der Waals surface area contributed by atoms with E-state index in [2.05, 4.69) is 5.32 Å². The minimum atomic E-state index is -4.18. The van der Waals surface area contributed by atoms with E-state index in [1.807, 2.05) is 26.8 Å². The fraction of sp³-hybridized carbons (Fsp3) is 0.615. The first kappa shape index (κ1) is 25.7. The van der Waals surface area contributed by atoms with Crippen molar-refractivity contribution in [3.8, 4) is 5.75 Å². The van der Waals surface area contributed by atoms with Crippen molar-refractivity contribution >= 4 is 16.9 Å². The average molecular weight is 497 g/mol. The number of carboxylic acid groups (broad SMARTS) is 1. The zero-order valence-electron chi connectivity index (χ0n) is 20.2. The van der Waals surface area contributed by atoms with Crippen LogP contribution < -0.4 is 10.1 Å². The fourth-order valence-electron chi connectivity index (χ4n) is 5.45. The van der Waals surface area contributed by atoms with Crippen LogP contribution in [0.2, 0.25) is 0 Å². The molecule has 1 aromatic carbocycles. The highest BCUT2D eigenvalue weighted by Crippen LogP contribution is 2.47. The lowest BCUT2D eigenvalue weighted by Gasteiger charge is -2.51. The molecule has 0 saturated heterocycles. The van der Waals surface area contributed by atoms with Gasteiger partial charge in [-0.25, -0.2) is 4.39 Å². The number of benzene rings is 1. The SMILES string of the molecule is CC(NC1CC(C(=O)O)C1(C)C)c1ccc2c(CF)c(O[C@H]3CC[C@@H](C(F)(F)F)CC3)ccc2n1. The van der Waals surface area contributed by atoms with Gasteiger partial charge in [0.15, 0.2) is 0 Å². The average Bonchev–Trinajstić information content (AvgIpc) is 2.80. The Balaban J connectivity index is 1.46. The van der Waals surface area contributed by atoms with E-state index in [1.54, 1.807) is 18.2 Å². The number of aromatic nitrogens is 1. The molecule has 35 heavy (non-hydrogen) atoms. The van der Waals surface area contributed by atoms with Crippen LogP contribution >= 0.6 is 0 Å². The smallest absolute Gasteiger partial charge is 0.391 e. The third-order valence-electron chi connectivity index (χ3n) is 7.99. The molecule has 3 atom stereocenters. The molecule has 2 fully saturated rings. The molecular formula is C26H32F4N2O3. The van der Waals surface area contributed by atoms with Crippen molar-refractivity contribution in [3.05, 3.63) is 35.5 Å². The molecule has 1 aromatic heterocycles. The fourth-order valence-corrected chi connectivity index (χ4v) is 5.45. The van der Waals surface area contributed by atoms with Gasteiger partial charge in [0.25, 0.3) is 0 Å². The van der Waals surface area contributed by atoms with E-state index in [0.717, 1.165) is 5.69 Å². The van der Waals surface area contributed by atoms with Crippen LogP contribution in [0.3, 0.4) is 0 Å². The van der Waals surface area contributed by atoms with E-state index in [1.165, 1.54) is 0 Å². The highest BCUT2D eigenvalue weighted by molar-refractivity contribution is 5.84. The molecule has 2 aliphatic carbocycles. The maximum Gasteiger partial charge on any atom is 0.391 e. The molecule has 0 spiro atoms. The van der Waals surface area contributed by atoms with E-state index in [-0.39, 0.29) is 55.2 Å². The Labute approximate surface area is 202 Å². The van der Waals surface area contributed by atoms with Crippen molar-refractivity contribution in [3.63, 3.8) is 0 Å². The number of carbonyl (C=O) groups is 1. The lowest BCUT2D eigenvalue weighted by molar-refractivity contribution is -0.185. The van der Waals surface area contributed by atoms with Crippen LogP contribution in [-0.4, -0.2) is 34.4 Å². The molecule has 9 heteroatoms. The Morgan fingerprint density at radius 2 is 1.89 bits per heavy atom. The second-order valence-electron chi connectivity index (χ2n) is 10.5. The molecule has 192 valence electrons. The predicted molar refractivity (Wildman–Crippen MR) is 124 cm³/mol. The quantitative estimate of drug-likeness (QED) is 0.437. The number of hydrogen-bond acceptors (Lipinski definition) is 4. The van der Waals surface area contributed by atoms with Crippen molar-refractivity contribution in [1.82, 2.24) is 10.3 Å². The molecule has 2 N–H and O–H groups in total. The van der Waals surface area contributed by atoms with E-state index < -0.39 is 24.7 Å². The Morgan fingerprint density at radius 3 is 2.46 bits per heavy atom. The lowest BCUT2D eigenvalue weighted by atomic mass is 9.58. The monoisotopic (exact) mass is 496 g/mol. The van der Waals surface area contributed by atoms with Crippen molar-refractivity contribution < 1.29 is 32.2 Å². The number of fused-ring (bicyclic) bond motifs is 1. The number of alkyl halides is 4. The number of carboxylic acids is 1. The standard InChI is InChI=1S/C26H32F4N2O3/c1-14(31-23-12-19(24(33)34)25(23,2)3)20-9-8-17-18(13-27)22(11-10-21(17)32-20)35-16-6-4-15(5-7-16)26(28,29)30/h8-11,14-16,19,23,31H,4-7,12-13H2,1-3H3,(H,33,34)/t14?,15-,16+,19?,23?. The second kappa shape index (κ2) is 9.56. The predicted octanol–water partition coefficient (Wildman–Crippen LogP) is 6.35. The van der Waals surface area contributed by atoms with Crippen LogP contribution in [0.25, 0.3) is 10.9 Å². The molecular weight excluding hydrogens is 464 g/mol. The maximum atomic E-state index is 14.0. The molecule has 0 aliphatic heterocycles. The largest absolute Gasteiger partial charge is 0.490 e. The normalized spacial score (nSPS) is 27.3. The summed E-state index contributed by atoms with van der Waals surface area (Å²) in [5, 5.41) is 13.4. The summed E-state index contributed by atoms with van der Waals surface area (Å²) in [6.07, 6.45) is -3.38. The second-order valence-corrected chi connectivity index (χ2v) is 10.5. The van der Waals surface area contributed by atoms with Crippen molar-refractivity contribution in [2.24, 2.45) is 17.3 Å². The van der Waals surface area contributed by atoms with Crippen molar-refractivity contribution in [1.29, 1.82) is 0 Å². The van der Waals surface area contributed by atoms with Gasteiger partial charge in [-0.3, -0.25) is 9.78 Å². The van der Waals surface area contributed by atoms with Gasteiger partial charge in [0.2, 0.25) is 0 Å². The van der Waals surface area contributed by atoms with E-state index in [0.29, 0.717) is 28.6 Å². The third-order valence-corrected chi connectivity index (χ3v) is 7.99. The summed E-state index contributed by atoms with van der Waals surface area (Å²) < 4.78 is 58.8. The molecule has 3 unspecified atom stereocenters. The van der Waals surface area contributed by atoms with E-state index in [9.17, 15) is 27.5 Å². The van der Waals surface area contributed by atoms with Gasteiger partial charge in [-0.1, -0.05) is 19.9 Å². The molecule has 0 radical (unpaired) electrons. The summed E-state index contributed by atoms with van der Waals surface area (Å²) in [6.45, 7) is 5.08. The number of rotatable bonds is 7.